The largest absolute Gasteiger partial charge is 0.472 e. The Kier molecular flexibility index (Phi) is 10.2. The fourth-order valence-electron chi connectivity index (χ4n) is 0.980. The highest BCUT2D eigenvalue weighted by Crippen LogP contribution is 2.45. The van der Waals surface area contributed by atoms with Crippen LogP contribution < -0.4 is 0 Å². The normalized spacial score (nSPS) is 17.9. The minimum Gasteiger partial charge on any atom is -0.302 e. The molecule has 0 aliphatic rings. The van der Waals surface area contributed by atoms with Crippen LogP contribution in [0.4, 0.5) is 0 Å². The molecule has 2 N–H and O–H groups in total. The lowest BCUT2D eigenvalue weighted by Gasteiger charge is -2.15. The molecule has 0 amide bonds. The highest BCUT2D eigenvalue weighted by Gasteiger charge is 2.23. The summed E-state index contributed by atoms with van der Waals surface area (Å²) >= 11 is 0. The molecule has 0 radical (unpaired) electrons. The van der Waals surface area contributed by atoms with Gasteiger partial charge in [0.2, 0.25) is 0 Å². The van der Waals surface area contributed by atoms with Gasteiger partial charge in [-0.05, 0) is 18.3 Å². The maximum Gasteiger partial charge on any atom is 0.472 e. The van der Waals surface area contributed by atoms with E-state index < -0.39 is 15.6 Å². The van der Waals surface area contributed by atoms with Gasteiger partial charge in [0.1, 0.15) is 0 Å². The predicted molar refractivity (Wildman–Crippen MR) is 77.8 cm³/mol. The van der Waals surface area contributed by atoms with Gasteiger partial charge in [-0.15, -0.1) is 0 Å². The third-order valence-corrected chi connectivity index (χ3v) is 3.91. The fraction of sp³-hybridized carbons (Fsp3) is 1.00. The van der Waals surface area contributed by atoms with Gasteiger partial charge < -0.3 is 9.79 Å². The molecule has 0 aromatic carbocycles. The first kappa shape index (κ1) is 21.2. The van der Waals surface area contributed by atoms with Crippen molar-refractivity contribution in [2.75, 3.05) is 26.4 Å². The summed E-state index contributed by atoms with van der Waals surface area (Å²) in [6, 6.07) is 0. The summed E-state index contributed by atoms with van der Waals surface area (Å²) in [6.07, 6.45) is 0.158. The summed E-state index contributed by atoms with van der Waals surface area (Å²) < 4.78 is 41.6. The van der Waals surface area contributed by atoms with E-state index in [1.54, 1.807) is 0 Å². The third kappa shape index (κ3) is 13.6. The van der Waals surface area contributed by atoms with Crippen molar-refractivity contribution in [1.82, 2.24) is 0 Å². The smallest absolute Gasteiger partial charge is 0.302 e. The van der Waals surface area contributed by atoms with Gasteiger partial charge in [0.05, 0.1) is 26.4 Å². The number of rotatable bonds is 12. The van der Waals surface area contributed by atoms with Gasteiger partial charge in [0, 0.05) is 0 Å². The molecular formula is C11H26O8P2. The molecular weight excluding hydrogens is 322 g/mol. The van der Waals surface area contributed by atoms with Crippen LogP contribution >= 0.6 is 15.6 Å². The number of hydrogen-bond acceptors (Lipinski definition) is 6. The molecule has 0 rings (SSSR count). The molecule has 0 aliphatic heterocycles. The minimum absolute atomic E-state index is 0.107. The van der Waals surface area contributed by atoms with E-state index in [9.17, 15) is 18.9 Å². The lowest BCUT2D eigenvalue weighted by molar-refractivity contribution is 0.114. The van der Waals surface area contributed by atoms with E-state index in [-0.39, 0.29) is 44.7 Å². The van der Waals surface area contributed by atoms with Crippen molar-refractivity contribution in [3.05, 3.63) is 0 Å². The molecule has 8 nitrogen and oxygen atoms in total. The van der Waals surface area contributed by atoms with E-state index in [0.29, 0.717) is 0 Å². The number of phosphoric acid groups is 2. The van der Waals surface area contributed by atoms with Crippen molar-refractivity contribution in [3.63, 3.8) is 0 Å². The molecule has 0 saturated heterocycles. The van der Waals surface area contributed by atoms with Crippen molar-refractivity contribution < 1.29 is 37.0 Å². The fourth-order valence-corrected chi connectivity index (χ4v) is 2.82. The molecule has 0 fully saturated rings. The van der Waals surface area contributed by atoms with Gasteiger partial charge >= 0.3 is 15.6 Å². The first-order valence-corrected chi connectivity index (χ1v) is 9.77. The van der Waals surface area contributed by atoms with Crippen LogP contribution in [-0.2, 0) is 27.2 Å². The standard InChI is InChI=1S/C11H26O8P2/c1-10(2)8-18-20(12,13)16-6-5-7-17-21(14,15)19-9-11(3)4/h10-11H,5-9H2,1-4H3,(H,12,13)(H,14,15). The zero-order valence-corrected chi connectivity index (χ0v) is 14.7. The molecule has 0 heterocycles. The maximum atomic E-state index is 11.4. The second kappa shape index (κ2) is 10.1. The second-order valence-corrected chi connectivity index (χ2v) is 8.24. The second-order valence-electron chi connectivity index (χ2n) is 5.34. The molecule has 0 aromatic rings. The monoisotopic (exact) mass is 348 g/mol. The van der Waals surface area contributed by atoms with Gasteiger partial charge in [-0.3, -0.25) is 18.1 Å². The van der Waals surface area contributed by atoms with Crippen LogP contribution in [0.3, 0.4) is 0 Å². The quantitative estimate of drug-likeness (QED) is 0.409. The number of phosphoric ester groups is 2. The lowest BCUT2D eigenvalue weighted by Crippen LogP contribution is -2.06. The first-order chi connectivity index (χ1) is 9.54. The summed E-state index contributed by atoms with van der Waals surface area (Å²) in [7, 11) is -8.14. The topological polar surface area (TPSA) is 112 Å². The highest BCUT2D eigenvalue weighted by atomic mass is 31.2. The summed E-state index contributed by atoms with van der Waals surface area (Å²) in [5, 5.41) is 0. The minimum atomic E-state index is -4.07. The van der Waals surface area contributed by atoms with Crippen LogP contribution in [0, 0.1) is 11.8 Å². The number of hydrogen-bond donors (Lipinski definition) is 2. The van der Waals surface area contributed by atoms with Gasteiger partial charge in [0.25, 0.3) is 0 Å². The average Bonchev–Trinajstić information content (AvgIpc) is 2.34. The summed E-state index contributed by atoms with van der Waals surface area (Å²) in [4.78, 5) is 18.6. The van der Waals surface area contributed by atoms with Crippen molar-refractivity contribution in [2.24, 2.45) is 11.8 Å². The van der Waals surface area contributed by atoms with Gasteiger partial charge in [-0.25, -0.2) is 9.13 Å². The first-order valence-electron chi connectivity index (χ1n) is 6.78. The molecule has 0 bridgehead atoms. The molecule has 2 atom stereocenters. The van der Waals surface area contributed by atoms with Crippen molar-refractivity contribution in [3.8, 4) is 0 Å². The summed E-state index contributed by atoms with van der Waals surface area (Å²) in [5.41, 5.74) is 0. The molecule has 128 valence electrons. The zero-order chi connectivity index (χ0) is 16.5. The molecule has 21 heavy (non-hydrogen) atoms. The van der Waals surface area contributed by atoms with E-state index in [1.807, 2.05) is 27.7 Å². The molecule has 0 saturated carbocycles. The Bertz CT molecular complexity index is 337. The van der Waals surface area contributed by atoms with Gasteiger partial charge in [-0.1, -0.05) is 27.7 Å². The molecule has 0 aliphatic carbocycles. The van der Waals surface area contributed by atoms with Crippen molar-refractivity contribution >= 4 is 15.6 Å². The van der Waals surface area contributed by atoms with Gasteiger partial charge in [0.15, 0.2) is 0 Å². The highest BCUT2D eigenvalue weighted by molar-refractivity contribution is 7.47. The Morgan fingerprint density at radius 1 is 0.762 bits per heavy atom. The third-order valence-electron chi connectivity index (χ3n) is 1.94. The lowest BCUT2D eigenvalue weighted by atomic mass is 10.2. The van der Waals surface area contributed by atoms with Crippen LogP contribution in [0.15, 0.2) is 0 Å². The van der Waals surface area contributed by atoms with Crippen LogP contribution in [0.25, 0.3) is 0 Å². The Morgan fingerprint density at radius 3 is 1.38 bits per heavy atom. The average molecular weight is 348 g/mol. The maximum absolute atomic E-state index is 11.4. The van der Waals surface area contributed by atoms with Crippen molar-refractivity contribution in [2.45, 2.75) is 34.1 Å². The zero-order valence-electron chi connectivity index (χ0n) is 12.9. The van der Waals surface area contributed by atoms with Crippen LogP contribution in [-0.4, -0.2) is 36.2 Å². The predicted octanol–water partition coefficient (Wildman–Crippen LogP) is 2.96. The summed E-state index contributed by atoms with van der Waals surface area (Å²) in [5.74, 6) is 0.214. The van der Waals surface area contributed by atoms with Crippen LogP contribution in [0.1, 0.15) is 34.1 Å². The Morgan fingerprint density at radius 2 is 1.10 bits per heavy atom. The molecule has 2 unspecified atom stereocenters. The molecule has 0 aromatic heterocycles. The van der Waals surface area contributed by atoms with E-state index in [0.717, 1.165) is 0 Å². The van der Waals surface area contributed by atoms with E-state index in [1.165, 1.54) is 0 Å². The summed E-state index contributed by atoms with van der Waals surface area (Å²) in [6.45, 7) is 7.31. The van der Waals surface area contributed by atoms with Crippen LogP contribution in [0.2, 0.25) is 0 Å². The Labute approximate surface area is 126 Å². The van der Waals surface area contributed by atoms with Gasteiger partial charge in [-0.2, -0.15) is 0 Å². The van der Waals surface area contributed by atoms with Crippen molar-refractivity contribution in [1.29, 1.82) is 0 Å². The van der Waals surface area contributed by atoms with E-state index in [2.05, 4.69) is 9.05 Å². The van der Waals surface area contributed by atoms with Crippen LogP contribution in [0.5, 0.6) is 0 Å². The molecule has 10 heteroatoms. The Balaban J connectivity index is 3.80. The Hall–Kier alpha value is 0.220. The van der Waals surface area contributed by atoms with E-state index >= 15 is 0 Å². The SMILES string of the molecule is CC(C)COP(=O)(O)OCCCOP(=O)(O)OCC(C)C. The van der Waals surface area contributed by atoms with E-state index in [4.69, 9.17) is 9.05 Å². The molecule has 0 spiro atoms.